The Labute approximate surface area is 93.2 Å². The fraction of sp³-hybridized carbons (Fsp3) is 0.455. The third-order valence-corrected chi connectivity index (χ3v) is 3.20. The molecule has 1 aliphatic heterocycles. The molecule has 0 aliphatic carbocycles. The molecular weight excluding hydrogens is 240 g/mol. The topological polar surface area (TPSA) is 24.1 Å². The van der Waals surface area contributed by atoms with Crippen molar-refractivity contribution in [3.63, 3.8) is 0 Å². The molecule has 1 aromatic carbocycles. The Balaban J connectivity index is 2.43. The lowest BCUT2D eigenvalue weighted by molar-refractivity contribution is 0.540. The monoisotopic (exact) mass is 254 g/mol. The molecule has 0 fully saturated rings. The first-order valence-electron chi connectivity index (χ1n) is 4.89. The van der Waals surface area contributed by atoms with Crippen LogP contribution in [0.2, 0.25) is 0 Å². The summed E-state index contributed by atoms with van der Waals surface area (Å²) in [5.41, 5.74) is 2.52. The first-order valence-corrected chi connectivity index (χ1v) is 5.68. The number of para-hydroxylation sites is 1. The number of fused-ring (bicyclic) bond motifs is 1. The number of rotatable bonds is 0. The van der Waals surface area contributed by atoms with Crippen LogP contribution >= 0.6 is 15.9 Å². The van der Waals surface area contributed by atoms with Crippen LogP contribution in [-0.4, -0.2) is 12.1 Å². The lowest BCUT2D eigenvalue weighted by Gasteiger charge is -2.25. The third kappa shape index (κ3) is 1.87. The maximum atomic E-state index is 3.57. The normalized spacial score (nSPS) is 18.8. The van der Waals surface area contributed by atoms with Crippen LogP contribution in [0.4, 0.5) is 11.4 Å². The average Bonchev–Trinajstić information content (AvgIpc) is 2.24. The van der Waals surface area contributed by atoms with E-state index in [2.05, 4.69) is 58.6 Å². The van der Waals surface area contributed by atoms with Gasteiger partial charge in [-0.05, 0) is 48.3 Å². The average molecular weight is 255 g/mol. The Morgan fingerprint density at radius 1 is 1.36 bits per heavy atom. The van der Waals surface area contributed by atoms with Gasteiger partial charge in [-0.1, -0.05) is 6.07 Å². The van der Waals surface area contributed by atoms with E-state index in [0.29, 0.717) is 0 Å². The van der Waals surface area contributed by atoms with Crippen molar-refractivity contribution >= 4 is 27.3 Å². The fourth-order valence-electron chi connectivity index (χ4n) is 1.71. The zero-order chi connectivity index (χ0) is 10.2. The molecule has 0 aromatic heterocycles. The van der Waals surface area contributed by atoms with Gasteiger partial charge in [0.2, 0.25) is 0 Å². The standard InChI is InChI=1S/C11H15BrN2/c1-11(2)6-7-13-9-5-3-4-8(12)10(9)14-11/h3-5,13-14H,6-7H2,1-2H3. The predicted octanol–water partition coefficient (Wildman–Crippen LogP) is 3.46. The second kappa shape index (κ2) is 3.46. The van der Waals surface area contributed by atoms with Gasteiger partial charge in [-0.2, -0.15) is 0 Å². The van der Waals surface area contributed by atoms with Crippen LogP contribution in [0, 0.1) is 0 Å². The van der Waals surface area contributed by atoms with Crippen LogP contribution in [0.1, 0.15) is 20.3 Å². The van der Waals surface area contributed by atoms with E-state index in [-0.39, 0.29) is 5.54 Å². The van der Waals surface area contributed by atoms with Gasteiger partial charge in [-0.15, -0.1) is 0 Å². The molecule has 0 amide bonds. The summed E-state index contributed by atoms with van der Waals surface area (Å²) in [6.07, 6.45) is 1.12. The first kappa shape index (κ1) is 9.84. The summed E-state index contributed by atoms with van der Waals surface area (Å²) in [5.74, 6) is 0. The fourth-order valence-corrected chi connectivity index (χ4v) is 2.17. The number of nitrogens with one attached hydrogen (secondary N) is 2. The van der Waals surface area contributed by atoms with Gasteiger partial charge in [0.1, 0.15) is 0 Å². The van der Waals surface area contributed by atoms with E-state index in [1.807, 2.05) is 0 Å². The summed E-state index contributed by atoms with van der Waals surface area (Å²) in [6.45, 7) is 5.47. The molecule has 0 saturated heterocycles. The summed E-state index contributed by atoms with van der Waals surface area (Å²) in [5, 5.41) is 6.99. The van der Waals surface area contributed by atoms with Gasteiger partial charge in [0.15, 0.2) is 0 Å². The SMILES string of the molecule is CC1(C)CCNc2cccc(Br)c2N1. The molecule has 2 N–H and O–H groups in total. The van der Waals surface area contributed by atoms with E-state index in [9.17, 15) is 0 Å². The Bertz CT molecular complexity index is 347. The molecule has 0 unspecified atom stereocenters. The molecule has 0 bridgehead atoms. The largest absolute Gasteiger partial charge is 0.383 e. The lowest BCUT2D eigenvalue weighted by Crippen LogP contribution is -2.30. The summed E-state index contributed by atoms with van der Waals surface area (Å²) < 4.78 is 1.12. The van der Waals surface area contributed by atoms with Crippen LogP contribution in [-0.2, 0) is 0 Å². The van der Waals surface area contributed by atoms with Crippen LogP contribution in [0.3, 0.4) is 0 Å². The Morgan fingerprint density at radius 3 is 2.93 bits per heavy atom. The highest BCUT2D eigenvalue weighted by molar-refractivity contribution is 9.10. The van der Waals surface area contributed by atoms with Crippen LogP contribution in [0.5, 0.6) is 0 Å². The van der Waals surface area contributed by atoms with Crippen molar-refractivity contribution in [3.05, 3.63) is 22.7 Å². The van der Waals surface area contributed by atoms with Gasteiger partial charge in [-0.3, -0.25) is 0 Å². The van der Waals surface area contributed by atoms with Crippen molar-refractivity contribution in [1.82, 2.24) is 0 Å². The van der Waals surface area contributed by atoms with Crippen molar-refractivity contribution in [2.75, 3.05) is 17.2 Å². The molecular formula is C11H15BrN2. The van der Waals surface area contributed by atoms with Gasteiger partial charge >= 0.3 is 0 Å². The minimum absolute atomic E-state index is 0.155. The molecule has 0 saturated carbocycles. The van der Waals surface area contributed by atoms with Crippen molar-refractivity contribution in [2.24, 2.45) is 0 Å². The highest BCUT2D eigenvalue weighted by Crippen LogP contribution is 2.35. The minimum Gasteiger partial charge on any atom is -0.383 e. The molecule has 2 nitrogen and oxygen atoms in total. The van der Waals surface area contributed by atoms with Gasteiger partial charge in [0.05, 0.1) is 11.4 Å². The highest BCUT2D eigenvalue weighted by Gasteiger charge is 2.22. The van der Waals surface area contributed by atoms with Gasteiger partial charge in [0, 0.05) is 16.6 Å². The maximum Gasteiger partial charge on any atom is 0.0724 e. The summed E-state index contributed by atoms with van der Waals surface area (Å²) in [6, 6.07) is 6.22. The van der Waals surface area contributed by atoms with E-state index in [0.717, 1.165) is 17.4 Å². The smallest absolute Gasteiger partial charge is 0.0724 e. The van der Waals surface area contributed by atoms with E-state index in [1.165, 1.54) is 11.4 Å². The van der Waals surface area contributed by atoms with Gasteiger partial charge < -0.3 is 10.6 Å². The minimum atomic E-state index is 0.155. The Hall–Kier alpha value is -0.700. The Kier molecular flexibility index (Phi) is 2.43. The summed E-state index contributed by atoms with van der Waals surface area (Å²) >= 11 is 3.57. The number of benzene rings is 1. The molecule has 1 aliphatic rings. The second-order valence-electron chi connectivity index (χ2n) is 4.35. The molecule has 2 rings (SSSR count). The van der Waals surface area contributed by atoms with Crippen LogP contribution in [0.15, 0.2) is 22.7 Å². The van der Waals surface area contributed by atoms with Gasteiger partial charge in [-0.25, -0.2) is 0 Å². The molecule has 0 atom stereocenters. The quantitative estimate of drug-likeness (QED) is 0.741. The first-order chi connectivity index (χ1) is 6.58. The number of hydrogen-bond donors (Lipinski definition) is 2. The number of halogens is 1. The number of hydrogen-bond acceptors (Lipinski definition) is 2. The van der Waals surface area contributed by atoms with E-state index >= 15 is 0 Å². The lowest BCUT2D eigenvalue weighted by atomic mass is 10.0. The second-order valence-corrected chi connectivity index (χ2v) is 5.20. The molecule has 0 radical (unpaired) electrons. The molecule has 0 spiro atoms. The molecule has 3 heteroatoms. The zero-order valence-corrected chi connectivity index (χ0v) is 10.1. The van der Waals surface area contributed by atoms with Crippen molar-refractivity contribution in [2.45, 2.75) is 25.8 Å². The Morgan fingerprint density at radius 2 is 2.14 bits per heavy atom. The van der Waals surface area contributed by atoms with Crippen molar-refractivity contribution in [1.29, 1.82) is 0 Å². The third-order valence-electron chi connectivity index (χ3n) is 2.54. The van der Waals surface area contributed by atoms with Gasteiger partial charge in [0.25, 0.3) is 0 Å². The van der Waals surface area contributed by atoms with Crippen LogP contribution < -0.4 is 10.6 Å². The predicted molar refractivity (Wildman–Crippen MR) is 65.0 cm³/mol. The van der Waals surface area contributed by atoms with Crippen molar-refractivity contribution < 1.29 is 0 Å². The molecule has 1 heterocycles. The van der Waals surface area contributed by atoms with E-state index in [4.69, 9.17) is 0 Å². The van der Waals surface area contributed by atoms with E-state index < -0.39 is 0 Å². The molecule has 76 valence electrons. The summed E-state index contributed by atoms with van der Waals surface area (Å²) in [7, 11) is 0. The summed E-state index contributed by atoms with van der Waals surface area (Å²) in [4.78, 5) is 0. The van der Waals surface area contributed by atoms with Crippen molar-refractivity contribution in [3.8, 4) is 0 Å². The zero-order valence-electron chi connectivity index (χ0n) is 8.52. The molecule has 1 aromatic rings. The highest BCUT2D eigenvalue weighted by atomic mass is 79.9. The molecule has 14 heavy (non-hydrogen) atoms. The van der Waals surface area contributed by atoms with Crippen LogP contribution in [0.25, 0.3) is 0 Å². The number of anilines is 2. The van der Waals surface area contributed by atoms with E-state index in [1.54, 1.807) is 0 Å². The maximum absolute atomic E-state index is 3.57.